The number of nitrogens with one attached hydrogen (secondary N) is 1. The largest absolute Gasteiger partial charge is 0.444 e. The molecule has 0 aromatic carbocycles. The van der Waals surface area contributed by atoms with Crippen molar-refractivity contribution in [2.45, 2.75) is 169 Å². The van der Waals surface area contributed by atoms with E-state index < -0.39 is 59.8 Å². The monoisotopic (exact) mass is 575 g/mol. The number of alkyl carbamates (subject to hydrolysis) is 1. The van der Waals surface area contributed by atoms with Crippen LogP contribution in [-0.2, 0) is 9.47 Å². The van der Waals surface area contributed by atoms with Gasteiger partial charge in [-0.2, -0.15) is 0 Å². The fraction of sp³-hybridized carbons (Fsp3) is 0.968. The van der Waals surface area contributed by atoms with Crippen LogP contribution in [0.25, 0.3) is 0 Å². The molecule has 0 saturated heterocycles. The zero-order valence-corrected chi connectivity index (χ0v) is 26.9. The van der Waals surface area contributed by atoms with Gasteiger partial charge in [-0.15, -0.1) is 0 Å². The zero-order chi connectivity index (χ0) is 31.1. The van der Waals surface area contributed by atoms with Crippen LogP contribution in [0.5, 0.6) is 0 Å². The molecule has 0 heterocycles. The van der Waals surface area contributed by atoms with Crippen LogP contribution in [-0.4, -0.2) is 86.5 Å². The van der Waals surface area contributed by atoms with Crippen LogP contribution >= 0.6 is 0 Å². The summed E-state index contributed by atoms with van der Waals surface area (Å²) >= 11 is 0. The maximum atomic E-state index is 13.0. The molecule has 0 aromatic rings. The van der Waals surface area contributed by atoms with Gasteiger partial charge in [0, 0.05) is 6.42 Å². The molecule has 1 rings (SSSR count). The lowest BCUT2D eigenvalue weighted by atomic mass is 9.70. The minimum absolute atomic E-state index is 0.00104. The fourth-order valence-corrected chi connectivity index (χ4v) is 6.08. The number of hydrogen-bond acceptors (Lipinski definition) is 8. The molecule has 1 fully saturated rings. The lowest BCUT2D eigenvalue weighted by Gasteiger charge is -2.39. The second-order valence-corrected chi connectivity index (χ2v) is 15.3. The molecular formula is C31H61NO8. The highest BCUT2D eigenvalue weighted by molar-refractivity contribution is 5.68. The van der Waals surface area contributed by atoms with E-state index in [1.165, 1.54) is 0 Å². The topological polar surface area (TPSA) is 149 Å². The van der Waals surface area contributed by atoms with Crippen molar-refractivity contribution in [3.63, 3.8) is 0 Å². The van der Waals surface area contributed by atoms with Gasteiger partial charge in [-0.05, 0) is 55.8 Å². The Hall–Kier alpha value is -0.970. The van der Waals surface area contributed by atoms with E-state index in [4.69, 9.17) is 9.47 Å². The molecule has 9 nitrogen and oxygen atoms in total. The molecule has 238 valence electrons. The lowest BCUT2D eigenvalue weighted by Crippen LogP contribution is -2.52. The minimum Gasteiger partial charge on any atom is -0.444 e. The number of rotatable bonds is 13. The third-order valence-corrected chi connectivity index (χ3v) is 8.20. The van der Waals surface area contributed by atoms with Crippen molar-refractivity contribution in [2.75, 3.05) is 6.61 Å². The predicted molar refractivity (Wildman–Crippen MR) is 157 cm³/mol. The highest BCUT2D eigenvalue weighted by Gasteiger charge is 2.39. The number of hydrogen-bond donors (Lipinski definition) is 6. The normalized spacial score (nSPS) is 25.9. The van der Waals surface area contributed by atoms with Gasteiger partial charge in [0.25, 0.3) is 0 Å². The first-order chi connectivity index (χ1) is 18.1. The van der Waals surface area contributed by atoms with Crippen molar-refractivity contribution in [3.05, 3.63) is 0 Å². The first-order valence-electron chi connectivity index (χ1n) is 15.1. The molecular weight excluding hydrogens is 514 g/mol. The van der Waals surface area contributed by atoms with E-state index in [1.54, 1.807) is 0 Å². The van der Waals surface area contributed by atoms with Crippen LogP contribution in [0.3, 0.4) is 0 Å². The zero-order valence-electron chi connectivity index (χ0n) is 26.9. The number of aliphatic hydroxyl groups excluding tert-OH is 5. The molecule has 9 heteroatoms. The Morgan fingerprint density at radius 3 is 2.02 bits per heavy atom. The van der Waals surface area contributed by atoms with Gasteiger partial charge < -0.3 is 40.3 Å². The Kier molecular flexibility index (Phi) is 13.9. The molecule has 0 aliphatic heterocycles. The molecule has 6 N–H and O–H groups in total. The summed E-state index contributed by atoms with van der Waals surface area (Å²) in [5, 5.41) is 56.2. The second-order valence-electron chi connectivity index (χ2n) is 15.3. The first kappa shape index (κ1) is 37.1. The van der Waals surface area contributed by atoms with Gasteiger partial charge in [0.15, 0.2) is 0 Å². The van der Waals surface area contributed by atoms with E-state index in [0.717, 1.165) is 12.8 Å². The molecule has 1 aliphatic rings. The van der Waals surface area contributed by atoms with Crippen molar-refractivity contribution < 1.29 is 39.8 Å². The molecule has 40 heavy (non-hydrogen) atoms. The minimum atomic E-state index is -1.35. The summed E-state index contributed by atoms with van der Waals surface area (Å²) in [6.45, 7) is 20.0. The van der Waals surface area contributed by atoms with Gasteiger partial charge in [-0.25, -0.2) is 4.79 Å². The molecule has 0 aromatic heterocycles. The Balaban J connectivity index is 3.07. The van der Waals surface area contributed by atoms with E-state index in [-0.39, 0.29) is 23.9 Å². The SMILES string of the molecule is CCC(C)(C)CC(C)(C)C(O)CC(O)C(COC1CCCCC(O)C(O)C1O)NC(=O)OC(C)(C)CC(C)(C)C. The molecule has 1 saturated carbocycles. The van der Waals surface area contributed by atoms with Crippen LogP contribution in [0.2, 0.25) is 0 Å². The van der Waals surface area contributed by atoms with Gasteiger partial charge in [-0.3, -0.25) is 0 Å². The number of carbonyl (C=O) groups excluding carboxylic acids is 1. The Labute approximate surface area is 243 Å². The molecule has 1 aliphatic carbocycles. The Morgan fingerprint density at radius 1 is 0.900 bits per heavy atom. The quantitative estimate of drug-likeness (QED) is 0.190. The van der Waals surface area contributed by atoms with Gasteiger partial charge in [0.2, 0.25) is 0 Å². The third-order valence-electron chi connectivity index (χ3n) is 8.20. The van der Waals surface area contributed by atoms with Crippen molar-refractivity contribution in [1.29, 1.82) is 0 Å². The number of amides is 1. The fourth-order valence-electron chi connectivity index (χ4n) is 6.08. The summed E-state index contributed by atoms with van der Waals surface area (Å²) in [5.74, 6) is 0. The second kappa shape index (κ2) is 15.0. The smallest absolute Gasteiger partial charge is 0.408 e. The lowest BCUT2D eigenvalue weighted by molar-refractivity contribution is -0.138. The van der Waals surface area contributed by atoms with Crippen molar-refractivity contribution in [2.24, 2.45) is 16.2 Å². The van der Waals surface area contributed by atoms with E-state index in [9.17, 15) is 30.3 Å². The first-order valence-corrected chi connectivity index (χ1v) is 15.1. The van der Waals surface area contributed by atoms with Crippen molar-refractivity contribution >= 4 is 6.09 Å². The number of aliphatic hydroxyl groups is 5. The van der Waals surface area contributed by atoms with Gasteiger partial charge >= 0.3 is 6.09 Å². The Bertz CT molecular complexity index is 763. The van der Waals surface area contributed by atoms with Gasteiger partial charge in [0.05, 0.1) is 37.1 Å². The maximum absolute atomic E-state index is 13.0. The van der Waals surface area contributed by atoms with Gasteiger partial charge in [0.1, 0.15) is 17.8 Å². The van der Waals surface area contributed by atoms with Gasteiger partial charge in [-0.1, -0.05) is 74.7 Å². The van der Waals surface area contributed by atoms with Crippen molar-refractivity contribution in [1.82, 2.24) is 5.32 Å². The van der Waals surface area contributed by atoms with E-state index in [1.807, 2.05) is 27.7 Å². The standard InChI is InChI=1S/C31H61NO8/c1-11-29(5,6)19-30(7,8)24(35)16-22(34)20(32-27(38)40-31(9,10)18-28(2,3)4)17-39-23-15-13-12-14-21(33)25(36)26(23)37/h20-26,33-37H,11-19H2,1-10H3,(H,32,38). The van der Waals surface area contributed by atoms with Crippen LogP contribution in [0.15, 0.2) is 0 Å². The predicted octanol–water partition coefficient (Wildman–Crippen LogP) is 4.30. The van der Waals surface area contributed by atoms with E-state index in [0.29, 0.717) is 32.1 Å². The van der Waals surface area contributed by atoms with Crippen molar-refractivity contribution in [3.8, 4) is 0 Å². The summed E-state index contributed by atoms with van der Waals surface area (Å²) in [7, 11) is 0. The average Bonchev–Trinajstić information content (AvgIpc) is 2.78. The summed E-state index contributed by atoms with van der Waals surface area (Å²) in [5.41, 5.74) is -1.31. The number of ether oxygens (including phenoxy) is 2. The number of carbonyl (C=O) groups is 1. The molecule has 0 radical (unpaired) electrons. The molecule has 0 bridgehead atoms. The van der Waals surface area contributed by atoms with Crippen LogP contribution in [0.4, 0.5) is 4.79 Å². The summed E-state index contributed by atoms with van der Waals surface area (Å²) in [6.07, 6.45) is -2.70. The molecule has 1 amide bonds. The molecule has 7 atom stereocenters. The van der Waals surface area contributed by atoms with E-state index in [2.05, 4.69) is 46.9 Å². The molecule has 7 unspecified atom stereocenters. The third kappa shape index (κ3) is 12.9. The molecule has 0 spiro atoms. The summed E-state index contributed by atoms with van der Waals surface area (Å²) in [4.78, 5) is 13.0. The summed E-state index contributed by atoms with van der Waals surface area (Å²) < 4.78 is 11.7. The maximum Gasteiger partial charge on any atom is 0.408 e. The summed E-state index contributed by atoms with van der Waals surface area (Å²) in [6, 6.07) is -0.942. The Morgan fingerprint density at radius 2 is 1.48 bits per heavy atom. The van der Waals surface area contributed by atoms with Crippen LogP contribution in [0.1, 0.15) is 121 Å². The highest BCUT2D eigenvalue weighted by atomic mass is 16.6. The van der Waals surface area contributed by atoms with Crippen LogP contribution < -0.4 is 5.32 Å². The van der Waals surface area contributed by atoms with Crippen LogP contribution in [0, 0.1) is 16.2 Å². The average molecular weight is 576 g/mol. The van der Waals surface area contributed by atoms with E-state index >= 15 is 0 Å². The highest BCUT2D eigenvalue weighted by Crippen LogP contribution is 2.39.